The van der Waals surface area contributed by atoms with Crippen LogP contribution in [0.3, 0.4) is 0 Å². The number of ketones is 1. The number of thiazole rings is 1. The van der Waals surface area contributed by atoms with Gasteiger partial charge in [0, 0.05) is 5.56 Å². The van der Waals surface area contributed by atoms with Crippen LogP contribution in [-0.2, 0) is 14.3 Å². The molecule has 1 N–H and O–H groups in total. The molecule has 2 aliphatic rings. The van der Waals surface area contributed by atoms with Gasteiger partial charge in [-0.1, -0.05) is 17.4 Å². The molecule has 1 saturated heterocycles. The average molecular weight is 567 g/mol. The van der Waals surface area contributed by atoms with Crippen molar-refractivity contribution in [2.75, 3.05) is 38.9 Å². The van der Waals surface area contributed by atoms with Crippen molar-refractivity contribution in [3.8, 4) is 23.0 Å². The van der Waals surface area contributed by atoms with Crippen LogP contribution in [0.2, 0.25) is 0 Å². The summed E-state index contributed by atoms with van der Waals surface area (Å²) in [5, 5.41) is 11.6. The van der Waals surface area contributed by atoms with Crippen LogP contribution < -0.4 is 23.8 Å². The molecular weight excluding hydrogens is 540 g/mol. The lowest BCUT2D eigenvalue weighted by molar-refractivity contribution is -0.132. The fourth-order valence-corrected chi connectivity index (χ4v) is 5.57. The standard InChI is InChI=1S/C28H26N2O9S/c1-5-37-27(34)25-14(2)29-28(40-25)30-22(15-6-8-17(35-3)19(12-15)36-4)21(24(32)26(30)33)23(31)16-7-9-18-20(13-16)39-11-10-38-18/h6-9,12-13,22,31H,5,10-11H2,1-4H3. The van der Waals surface area contributed by atoms with E-state index in [9.17, 15) is 19.5 Å². The van der Waals surface area contributed by atoms with Crippen molar-refractivity contribution >= 4 is 39.9 Å². The smallest absolute Gasteiger partial charge is 0.350 e. The van der Waals surface area contributed by atoms with Gasteiger partial charge in [-0.05, 0) is 49.7 Å². The van der Waals surface area contributed by atoms with Gasteiger partial charge in [0.1, 0.15) is 23.9 Å². The SMILES string of the molecule is CCOC(=O)c1sc(N2C(=O)C(=O)C(=C(O)c3ccc4c(c3)OCCO4)C2c2ccc(OC)c(OC)c2)nc1C. The second kappa shape index (κ2) is 10.9. The largest absolute Gasteiger partial charge is 0.507 e. The zero-order chi connectivity index (χ0) is 28.6. The zero-order valence-electron chi connectivity index (χ0n) is 22.2. The number of ether oxygens (including phenoxy) is 5. The molecule has 2 aliphatic heterocycles. The number of aliphatic hydroxyl groups is 1. The van der Waals surface area contributed by atoms with Crippen molar-refractivity contribution in [1.29, 1.82) is 0 Å². The van der Waals surface area contributed by atoms with Gasteiger partial charge in [0.15, 0.2) is 28.1 Å². The Bertz CT molecular complexity index is 1540. The Morgan fingerprint density at radius 3 is 2.50 bits per heavy atom. The minimum Gasteiger partial charge on any atom is -0.507 e. The lowest BCUT2D eigenvalue weighted by Gasteiger charge is -2.24. The Hall–Kier alpha value is -4.58. The van der Waals surface area contributed by atoms with Gasteiger partial charge < -0.3 is 28.8 Å². The van der Waals surface area contributed by atoms with Gasteiger partial charge in [0.05, 0.1) is 38.1 Å². The summed E-state index contributed by atoms with van der Waals surface area (Å²) in [5.41, 5.74) is 0.884. The maximum Gasteiger partial charge on any atom is 0.350 e. The number of methoxy groups -OCH3 is 2. The van der Waals surface area contributed by atoms with Gasteiger partial charge in [0.2, 0.25) is 0 Å². The maximum absolute atomic E-state index is 13.5. The van der Waals surface area contributed by atoms with Crippen molar-refractivity contribution in [2.45, 2.75) is 19.9 Å². The Kier molecular flexibility index (Phi) is 7.35. The number of aromatic nitrogens is 1. The first-order valence-electron chi connectivity index (χ1n) is 12.4. The van der Waals surface area contributed by atoms with E-state index < -0.39 is 29.5 Å². The zero-order valence-corrected chi connectivity index (χ0v) is 23.0. The number of fused-ring (bicyclic) bond motifs is 1. The molecule has 11 nitrogen and oxygen atoms in total. The number of aryl methyl sites for hydroxylation is 1. The molecule has 1 atom stereocenters. The fraction of sp³-hybridized carbons (Fsp3) is 0.286. The highest BCUT2D eigenvalue weighted by molar-refractivity contribution is 7.17. The number of benzene rings is 2. The van der Waals surface area contributed by atoms with E-state index >= 15 is 0 Å². The second-order valence-corrected chi connectivity index (χ2v) is 9.75. The molecule has 12 heteroatoms. The van der Waals surface area contributed by atoms with E-state index in [2.05, 4.69) is 4.98 Å². The molecule has 1 unspecified atom stereocenters. The normalized spacial score (nSPS) is 17.6. The summed E-state index contributed by atoms with van der Waals surface area (Å²) >= 11 is 0.925. The third-order valence-corrected chi connectivity index (χ3v) is 7.57. The van der Waals surface area contributed by atoms with E-state index in [0.717, 1.165) is 11.3 Å². The number of carbonyl (C=O) groups excluding carboxylic acids is 3. The third kappa shape index (κ3) is 4.60. The number of carbonyl (C=O) groups is 3. The summed E-state index contributed by atoms with van der Waals surface area (Å²) in [4.78, 5) is 45.4. The van der Waals surface area contributed by atoms with Gasteiger partial charge in [-0.2, -0.15) is 0 Å². The van der Waals surface area contributed by atoms with Crippen LogP contribution in [-0.4, -0.2) is 61.8 Å². The van der Waals surface area contributed by atoms with Gasteiger partial charge in [-0.25, -0.2) is 9.78 Å². The number of hydrogen-bond donors (Lipinski definition) is 1. The average Bonchev–Trinajstić information content (AvgIpc) is 3.48. The van der Waals surface area contributed by atoms with Crippen LogP contribution in [0.25, 0.3) is 5.76 Å². The molecule has 0 radical (unpaired) electrons. The Labute approximate surface area is 233 Å². The highest BCUT2D eigenvalue weighted by Gasteiger charge is 2.48. The summed E-state index contributed by atoms with van der Waals surface area (Å²) < 4.78 is 27.1. The number of anilines is 1. The summed E-state index contributed by atoms with van der Waals surface area (Å²) in [6.45, 7) is 4.19. The maximum atomic E-state index is 13.5. The first kappa shape index (κ1) is 27.0. The number of esters is 1. The van der Waals surface area contributed by atoms with Crippen LogP contribution in [0.1, 0.15) is 39.5 Å². The molecule has 1 aromatic heterocycles. The van der Waals surface area contributed by atoms with Gasteiger partial charge in [-0.3, -0.25) is 14.5 Å². The number of aliphatic hydroxyl groups excluding tert-OH is 1. The number of hydrogen-bond acceptors (Lipinski definition) is 11. The topological polar surface area (TPSA) is 134 Å². The molecule has 208 valence electrons. The summed E-state index contributed by atoms with van der Waals surface area (Å²) in [6, 6.07) is 8.56. The lowest BCUT2D eigenvalue weighted by atomic mass is 9.95. The molecule has 0 spiro atoms. The van der Waals surface area contributed by atoms with Gasteiger partial charge in [-0.15, -0.1) is 0 Å². The first-order chi connectivity index (χ1) is 19.3. The molecule has 0 saturated carbocycles. The monoisotopic (exact) mass is 566 g/mol. The van der Waals surface area contributed by atoms with Crippen LogP contribution in [0.15, 0.2) is 42.0 Å². The fourth-order valence-electron chi connectivity index (χ4n) is 4.59. The van der Waals surface area contributed by atoms with Gasteiger partial charge >= 0.3 is 11.9 Å². The van der Waals surface area contributed by atoms with E-state index in [1.54, 1.807) is 50.2 Å². The molecular formula is C28H26N2O9S. The second-order valence-electron chi connectivity index (χ2n) is 8.77. The van der Waals surface area contributed by atoms with E-state index in [0.29, 0.717) is 47.5 Å². The molecule has 1 fully saturated rings. The quantitative estimate of drug-likeness (QED) is 0.193. The molecule has 40 heavy (non-hydrogen) atoms. The van der Waals surface area contributed by atoms with Crippen molar-refractivity contribution in [2.24, 2.45) is 0 Å². The summed E-state index contributed by atoms with van der Waals surface area (Å²) in [7, 11) is 2.95. The molecule has 5 rings (SSSR count). The molecule has 3 heterocycles. The Morgan fingerprint density at radius 2 is 1.80 bits per heavy atom. The molecule has 0 bridgehead atoms. The number of nitrogens with zero attached hydrogens (tertiary/aromatic N) is 2. The van der Waals surface area contributed by atoms with Crippen LogP contribution >= 0.6 is 11.3 Å². The van der Waals surface area contributed by atoms with Crippen molar-refractivity contribution < 1.29 is 43.2 Å². The minimum absolute atomic E-state index is 0.101. The number of amides is 1. The van der Waals surface area contributed by atoms with Crippen molar-refractivity contribution in [3.63, 3.8) is 0 Å². The highest BCUT2D eigenvalue weighted by atomic mass is 32.1. The highest BCUT2D eigenvalue weighted by Crippen LogP contribution is 2.46. The van der Waals surface area contributed by atoms with E-state index in [1.165, 1.54) is 19.1 Å². The van der Waals surface area contributed by atoms with Gasteiger partial charge in [0.25, 0.3) is 5.78 Å². The predicted molar refractivity (Wildman–Crippen MR) is 145 cm³/mol. The lowest BCUT2D eigenvalue weighted by Crippen LogP contribution is -2.29. The Morgan fingerprint density at radius 1 is 1.07 bits per heavy atom. The molecule has 2 aromatic carbocycles. The molecule has 0 aliphatic carbocycles. The summed E-state index contributed by atoms with van der Waals surface area (Å²) in [5.74, 6) is -1.13. The van der Waals surface area contributed by atoms with Crippen molar-refractivity contribution in [1.82, 2.24) is 4.98 Å². The minimum atomic E-state index is -1.10. The summed E-state index contributed by atoms with van der Waals surface area (Å²) in [6.07, 6.45) is 0. The third-order valence-electron chi connectivity index (χ3n) is 6.44. The predicted octanol–water partition coefficient (Wildman–Crippen LogP) is 4.04. The van der Waals surface area contributed by atoms with Crippen molar-refractivity contribution in [3.05, 3.63) is 63.7 Å². The van der Waals surface area contributed by atoms with E-state index in [4.69, 9.17) is 23.7 Å². The first-order valence-corrected chi connectivity index (χ1v) is 13.2. The number of Topliss-reactive ketones (excluding diaryl/α,β-unsaturated/α-hetero) is 1. The van der Waals surface area contributed by atoms with E-state index in [-0.39, 0.29) is 27.8 Å². The Balaban J connectivity index is 1.70. The molecule has 1 amide bonds. The van der Waals surface area contributed by atoms with Crippen LogP contribution in [0.5, 0.6) is 23.0 Å². The molecule has 3 aromatic rings. The van der Waals surface area contributed by atoms with E-state index in [1.807, 2.05) is 0 Å². The van der Waals surface area contributed by atoms with Crippen LogP contribution in [0.4, 0.5) is 5.13 Å². The number of rotatable bonds is 7. The van der Waals surface area contributed by atoms with Crippen LogP contribution in [0, 0.1) is 6.92 Å².